The van der Waals surface area contributed by atoms with Gasteiger partial charge >= 0.3 is 0 Å². The van der Waals surface area contributed by atoms with Gasteiger partial charge in [-0.25, -0.2) is 0 Å². The van der Waals surface area contributed by atoms with Crippen molar-refractivity contribution in [1.29, 1.82) is 0 Å². The van der Waals surface area contributed by atoms with Crippen LogP contribution in [0.15, 0.2) is 78.9 Å². The highest BCUT2D eigenvalue weighted by molar-refractivity contribution is 6.34. The Hall–Kier alpha value is -3.72. The Balaban J connectivity index is 1.47. The predicted molar refractivity (Wildman–Crippen MR) is 160 cm³/mol. The highest BCUT2D eigenvalue weighted by Gasteiger charge is 2.80. The van der Waals surface area contributed by atoms with Crippen LogP contribution in [0.25, 0.3) is 0 Å². The molecular formula is C33H34ClN3O5. The molecule has 2 bridgehead atoms. The van der Waals surface area contributed by atoms with E-state index in [0.29, 0.717) is 28.4 Å². The fourth-order valence-electron chi connectivity index (χ4n) is 7.46. The van der Waals surface area contributed by atoms with Gasteiger partial charge in [0.05, 0.1) is 40.8 Å². The molecule has 7 atom stereocenters. The summed E-state index contributed by atoms with van der Waals surface area (Å²) in [7, 11) is 0. The van der Waals surface area contributed by atoms with E-state index in [1.807, 2.05) is 75.4 Å². The van der Waals surface area contributed by atoms with Gasteiger partial charge in [-0.3, -0.25) is 14.4 Å². The maximum Gasteiger partial charge on any atom is 0.250 e. The molecular weight excluding hydrogens is 554 g/mol. The monoisotopic (exact) mass is 587 g/mol. The van der Waals surface area contributed by atoms with Crippen LogP contribution >= 0.6 is 11.6 Å². The van der Waals surface area contributed by atoms with E-state index in [2.05, 4.69) is 10.6 Å². The summed E-state index contributed by atoms with van der Waals surface area (Å²) >= 11 is 6.49. The summed E-state index contributed by atoms with van der Waals surface area (Å²) in [6.07, 6.45) is 0.401. The summed E-state index contributed by atoms with van der Waals surface area (Å²) in [5.74, 6) is -3.11. The fourth-order valence-corrected chi connectivity index (χ4v) is 7.73. The van der Waals surface area contributed by atoms with Gasteiger partial charge in [0.25, 0.3) is 0 Å². The lowest BCUT2D eigenvalue weighted by Gasteiger charge is -2.37. The minimum Gasteiger partial charge on any atom is -0.394 e. The third-order valence-corrected chi connectivity index (χ3v) is 9.80. The van der Waals surface area contributed by atoms with Gasteiger partial charge in [-0.05, 0) is 55.5 Å². The van der Waals surface area contributed by atoms with Crippen LogP contribution in [-0.2, 0) is 19.1 Å². The molecule has 3 amide bonds. The molecule has 8 nitrogen and oxygen atoms in total. The number of likely N-dealkylation sites (tertiary alicyclic amines) is 1. The molecule has 0 aromatic heterocycles. The van der Waals surface area contributed by atoms with Crippen LogP contribution < -0.4 is 10.6 Å². The van der Waals surface area contributed by atoms with Crippen LogP contribution in [0.1, 0.15) is 37.4 Å². The first-order chi connectivity index (χ1) is 20.1. The quantitative estimate of drug-likeness (QED) is 0.362. The smallest absolute Gasteiger partial charge is 0.250 e. The molecule has 42 heavy (non-hydrogen) atoms. The van der Waals surface area contributed by atoms with Crippen molar-refractivity contribution in [2.75, 3.05) is 17.2 Å². The van der Waals surface area contributed by atoms with Gasteiger partial charge in [-0.2, -0.15) is 0 Å². The van der Waals surface area contributed by atoms with Crippen molar-refractivity contribution in [2.24, 2.45) is 17.8 Å². The maximum atomic E-state index is 14.6. The van der Waals surface area contributed by atoms with Crippen molar-refractivity contribution < 1.29 is 24.2 Å². The van der Waals surface area contributed by atoms with E-state index >= 15 is 0 Å². The summed E-state index contributed by atoms with van der Waals surface area (Å²) in [6, 6.07) is 21.6. The number of rotatable bonds is 7. The first-order valence-corrected chi connectivity index (χ1v) is 14.6. The number of aliphatic hydroxyl groups is 1. The molecule has 3 N–H and O–H groups in total. The zero-order valence-electron chi connectivity index (χ0n) is 23.7. The van der Waals surface area contributed by atoms with Gasteiger partial charge in [-0.1, -0.05) is 79.2 Å². The Morgan fingerprint density at radius 1 is 1.02 bits per heavy atom. The van der Waals surface area contributed by atoms with Crippen LogP contribution in [0, 0.1) is 24.7 Å². The fraction of sp³-hybridized carbons (Fsp3) is 0.364. The molecule has 3 aromatic carbocycles. The Bertz CT molecular complexity index is 1510. The number of aliphatic hydroxyl groups excluding tert-OH is 1. The molecule has 9 heteroatoms. The number of para-hydroxylation sites is 2. The van der Waals surface area contributed by atoms with E-state index in [9.17, 15) is 19.5 Å². The van der Waals surface area contributed by atoms with Crippen LogP contribution in [0.4, 0.5) is 11.4 Å². The third-order valence-electron chi connectivity index (χ3n) is 9.49. The number of halogens is 1. The van der Waals surface area contributed by atoms with Crippen LogP contribution in [0.3, 0.4) is 0 Å². The van der Waals surface area contributed by atoms with Gasteiger partial charge in [0.2, 0.25) is 17.7 Å². The number of amides is 3. The molecule has 3 fully saturated rings. The minimum atomic E-state index is -1.29. The number of carbonyl (C=O) groups is 3. The second-order valence-corrected chi connectivity index (χ2v) is 12.2. The number of fused-ring (bicyclic) bond motifs is 1. The van der Waals surface area contributed by atoms with Crippen molar-refractivity contribution in [3.63, 3.8) is 0 Å². The molecule has 3 aliphatic rings. The highest BCUT2D eigenvalue weighted by Crippen LogP contribution is 2.66. The molecule has 0 aliphatic carbocycles. The summed E-state index contributed by atoms with van der Waals surface area (Å²) in [4.78, 5) is 44.4. The topological polar surface area (TPSA) is 108 Å². The van der Waals surface area contributed by atoms with Gasteiger partial charge < -0.3 is 25.4 Å². The molecule has 1 spiro atoms. The minimum absolute atomic E-state index is 0.130. The Morgan fingerprint density at radius 3 is 2.33 bits per heavy atom. The van der Waals surface area contributed by atoms with Gasteiger partial charge in [0, 0.05) is 5.69 Å². The lowest BCUT2D eigenvalue weighted by atomic mass is 9.62. The summed E-state index contributed by atoms with van der Waals surface area (Å²) in [5.41, 5.74) is 0.229. The zero-order valence-corrected chi connectivity index (χ0v) is 24.5. The number of benzene rings is 3. The van der Waals surface area contributed by atoms with Gasteiger partial charge in [-0.15, -0.1) is 0 Å². The van der Waals surface area contributed by atoms with Crippen molar-refractivity contribution in [3.8, 4) is 0 Å². The second-order valence-electron chi connectivity index (χ2n) is 11.8. The molecule has 3 saturated heterocycles. The Labute approximate surface area is 250 Å². The summed E-state index contributed by atoms with van der Waals surface area (Å²) in [5, 5.41) is 17.0. The second kappa shape index (κ2) is 10.5. The first-order valence-electron chi connectivity index (χ1n) is 14.2. The number of hydrogen-bond acceptors (Lipinski definition) is 5. The van der Waals surface area contributed by atoms with E-state index in [4.69, 9.17) is 16.3 Å². The SMILES string of the molecule is Cc1cccc(Cl)c1NC(=O)C1N([C@H](CO)c2ccccc2)C(=O)[C@@H]2[C@H](C(=O)Nc3ccccc3)[C@@]3(C)OC12CC3C. The zero-order chi connectivity index (χ0) is 29.8. The lowest BCUT2D eigenvalue weighted by molar-refractivity contribution is -0.148. The molecule has 3 aromatic rings. The van der Waals surface area contributed by atoms with E-state index < -0.39 is 53.5 Å². The van der Waals surface area contributed by atoms with Crippen molar-refractivity contribution in [2.45, 2.75) is 50.5 Å². The lowest BCUT2D eigenvalue weighted by Crippen LogP contribution is -2.54. The van der Waals surface area contributed by atoms with Crippen molar-refractivity contribution in [3.05, 3.63) is 95.0 Å². The number of nitrogens with one attached hydrogen (secondary N) is 2. The van der Waals surface area contributed by atoms with Crippen molar-refractivity contribution in [1.82, 2.24) is 4.90 Å². The molecule has 3 unspecified atom stereocenters. The molecule has 6 rings (SSSR count). The molecule has 3 heterocycles. The number of aryl methyl sites for hydroxylation is 1. The molecule has 0 radical (unpaired) electrons. The third kappa shape index (κ3) is 4.23. The van der Waals surface area contributed by atoms with E-state index in [1.165, 1.54) is 4.90 Å². The predicted octanol–water partition coefficient (Wildman–Crippen LogP) is 4.97. The van der Waals surface area contributed by atoms with Crippen LogP contribution in [0.2, 0.25) is 5.02 Å². The number of nitrogens with zero attached hydrogens (tertiary/aromatic N) is 1. The highest BCUT2D eigenvalue weighted by atomic mass is 35.5. The summed E-state index contributed by atoms with van der Waals surface area (Å²) < 4.78 is 6.82. The number of carbonyl (C=O) groups excluding carboxylic acids is 3. The van der Waals surface area contributed by atoms with Gasteiger partial charge in [0.1, 0.15) is 11.6 Å². The average molecular weight is 588 g/mol. The van der Waals surface area contributed by atoms with E-state index in [0.717, 1.165) is 5.56 Å². The summed E-state index contributed by atoms with van der Waals surface area (Å²) in [6.45, 7) is 5.28. The number of anilines is 2. The Kier molecular flexibility index (Phi) is 7.12. The largest absolute Gasteiger partial charge is 0.394 e. The van der Waals surface area contributed by atoms with Gasteiger partial charge in [0.15, 0.2) is 0 Å². The number of hydrogen-bond donors (Lipinski definition) is 3. The first kappa shape index (κ1) is 28.4. The average Bonchev–Trinajstić information content (AvgIpc) is 3.49. The van der Waals surface area contributed by atoms with Crippen molar-refractivity contribution >= 4 is 40.7 Å². The van der Waals surface area contributed by atoms with E-state index in [-0.39, 0.29) is 11.8 Å². The molecule has 0 saturated carbocycles. The molecule has 3 aliphatic heterocycles. The maximum absolute atomic E-state index is 14.6. The van der Waals surface area contributed by atoms with Crippen LogP contribution in [-0.4, -0.2) is 51.6 Å². The standard InChI is InChI=1S/C33H34ClN3O5/c1-19-11-10-16-23(34)27(19)36-30(40)28-33-17-20(2)32(3,42-33)25(29(39)35-22-14-8-5-9-15-22)26(33)31(41)37(28)24(18-38)21-12-6-4-7-13-21/h4-16,20,24-26,28,38H,17-18H2,1-3H3,(H,35,39)(H,36,40)/t20?,24-,25-,26+,28?,32+,33?/m1/s1. The van der Waals surface area contributed by atoms with E-state index in [1.54, 1.807) is 24.3 Å². The number of ether oxygens (including phenoxy) is 1. The van der Waals surface area contributed by atoms with Crippen LogP contribution in [0.5, 0.6) is 0 Å². The molecule has 218 valence electrons. The Morgan fingerprint density at radius 2 is 1.69 bits per heavy atom. The normalized spacial score (nSPS) is 30.2.